The Kier molecular flexibility index (Phi) is 5.89. The molecule has 1 amide bonds. The summed E-state index contributed by atoms with van der Waals surface area (Å²) in [5, 5.41) is 14.9. The Balaban J connectivity index is 1.87. The number of hydrogen-bond acceptors (Lipinski definition) is 5. The standard InChI is InChI=1S/C16H17FN2O5/c1-10(6-7-15(20)21)18-16(22)13-8-11(24-19-13)9-23-14-5-3-2-4-12(14)17/h2-5,8,10H,6-7,9H2,1H3,(H,18,22)(H,20,21). The van der Waals surface area contributed by atoms with Crippen LogP contribution in [0.1, 0.15) is 36.0 Å². The van der Waals surface area contributed by atoms with Gasteiger partial charge >= 0.3 is 5.97 Å². The summed E-state index contributed by atoms with van der Waals surface area (Å²) in [5.74, 6) is -1.56. The van der Waals surface area contributed by atoms with Crippen molar-refractivity contribution in [2.45, 2.75) is 32.4 Å². The maximum Gasteiger partial charge on any atom is 0.303 e. The number of carboxylic acids is 1. The number of benzene rings is 1. The number of halogens is 1. The quantitative estimate of drug-likeness (QED) is 0.767. The van der Waals surface area contributed by atoms with Gasteiger partial charge in [0.2, 0.25) is 0 Å². The van der Waals surface area contributed by atoms with E-state index in [1.807, 2.05) is 0 Å². The molecular formula is C16H17FN2O5. The molecule has 8 heteroatoms. The van der Waals surface area contributed by atoms with Crippen molar-refractivity contribution in [1.29, 1.82) is 0 Å². The smallest absolute Gasteiger partial charge is 0.303 e. The van der Waals surface area contributed by atoms with Gasteiger partial charge in [-0.25, -0.2) is 4.39 Å². The highest BCUT2D eigenvalue weighted by Crippen LogP contribution is 2.17. The lowest BCUT2D eigenvalue weighted by molar-refractivity contribution is -0.137. The second kappa shape index (κ2) is 8.09. The minimum Gasteiger partial charge on any atom is -0.482 e. The molecule has 0 saturated heterocycles. The maximum atomic E-state index is 13.4. The highest BCUT2D eigenvalue weighted by Gasteiger charge is 2.16. The summed E-state index contributed by atoms with van der Waals surface area (Å²) in [7, 11) is 0. The average molecular weight is 336 g/mol. The van der Waals surface area contributed by atoms with Crippen molar-refractivity contribution >= 4 is 11.9 Å². The van der Waals surface area contributed by atoms with E-state index in [1.165, 1.54) is 18.2 Å². The zero-order valence-corrected chi connectivity index (χ0v) is 13.0. The first kappa shape index (κ1) is 17.5. The number of para-hydroxylation sites is 1. The van der Waals surface area contributed by atoms with Crippen molar-refractivity contribution in [3.05, 3.63) is 47.6 Å². The third-order valence-electron chi connectivity index (χ3n) is 3.17. The topological polar surface area (TPSA) is 102 Å². The number of aliphatic carboxylic acids is 1. The summed E-state index contributed by atoms with van der Waals surface area (Å²) in [4.78, 5) is 22.5. The van der Waals surface area contributed by atoms with Gasteiger partial charge in [0.15, 0.2) is 23.0 Å². The molecule has 0 spiro atoms. The van der Waals surface area contributed by atoms with Gasteiger partial charge in [0.25, 0.3) is 5.91 Å². The van der Waals surface area contributed by atoms with Gasteiger partial charge in [-0.3, -0.25) is 9.59 Å². The van der Waals surface area contributed by atoms with Gasteiger partial charge in [0, 0.05) is 18.5 Å². The SMILES string of the molecule is CC(CCC(=O)O)NC(=O)c1cc(COc2ccccc2F)on1. The second-order valence-corrected chi connectivity index (χ2v) is 5.20. The normalized spacial score (nSPS) is 11.8. The molecule has 7 nitrogen and oxygen atoms in total. The number of rotatable bonds is 8. The fourth-order valence-corrected chi connectivity index (χ4v) is 1.91. The molecule has 1 aromatic carbocycles. The molecule has 1 aromatic heterocycles. The number of carbonyl (C=O) groups is 2. The average Bonchev–Trinajstić information content (AvgIpc) is 3.01. The molecule has 0 fully saturated rings. The van der Waals surface area contributed by atoms with Crippen LogP contribution < -0.4 is 10.1 Å². The molecule has 1 atom stereocenters. The van der Waals surface area contributed by atoms with Crippen molar-refractivity contribution in [3.63, 3.8) is 0 Å². The van der Waals surface area contributed by atoms with Crippen LogP contribution in [0.2, 0.25) is 0 Å². The first-order chi connectivity index (χ1) is 11.5. The molecule has 0 saturated carbocycles. The van der Waals surface area contributed by atoms with E-state index in [0.29, 0.717) is 6.42 Å². The van der Waals surface area contributed by atoms with Crippen molar-refractivity contribution in [2.24, 2.45) is 0 Å². The molecule has 24 heavy (non-hydrogen) atoms. The zero-order valence-electron chi connectivity index (χ0n) is 13.0. The summed E-state index contributed by atoms with van der Waals surface area (Å²) in [6.07, 6.45) is 0.268. The fourth-order valence-electron chi connectivity index (χ4n) is 1.91. The Morgan fingerprint density at radius 2 is 2.17 bits per heavy atom. The first-order valence-electron chi connectivity index (χ1n) is 7.31. The number of hydrogen-bond donors (Lipinski definition) is 2. The lowest BCUT2D eigenvalue weighted by Gasteiger charge is -2.10. The summed E-state index contributed by atoms with van der Waals surface area (Å²) >= 11 is 0. The maximum absolute atomic E-state index is 13.4. The van der Waals surface area contributed by atoms with Crippen LogP contribution in [0, 0.1) is 5.82 Å². The van der Waals surface area contributed by atoms with E-state index in [2.05, 4.69) is 10.5 Å². The van der Waals surface area contributed by atoms with Crippen LogP contribution in [-0.4, -0.2) is 28.2 Å². The molecule has 2 N–H and O–H groups in total. The van der Waals surface area contributed by atoms with Gasteiger partial charge in [-0.05, 0) is 25.5 Å². The second-order valence-electron chi connectivity index (χ2n) is 5.20. The molecule has 1 unspecified atom stereocenters. The number of carbonyl (C=O) groups excluding carboxylic acids is 1. The monoisotopic (exact) mass is 336 g/mol. The van der Waals surface area contributed by atoms with E-state index in [9.17, 15) is 14.0 Å². The lowest BCUT2D eigenvalue weighted by atomic mass is 10.2. The Morgan fingerprint density at radius 1 is 1.42 bits per heavy atom. The van der Waals surface area contributed by atoms with Crippen LogP contribution >= 0.6 is 0 Å². The van der Waals surface area contributed by atoms with Crippen LogP contribution in [0.5, 0.6) is 5.75 Å². The molecule has 2 aromatic rings. The largest absolute Gasteiger partial charge is 0.482 e. The Bertz CT molecular complexity index is 716. The van der Waals surface area contributed by atoms with Gasteiger partial charge in [0.05, 0.1) is 0 Å². The number of ether oxygens (including phenoxy) is 1. The molecule has 128 valence electrons. The summed E-state index contributed by atoms with van der Waals surface area (Å²) < 4.78 is 23.7. The van der Waals surface area contributed by atoms with Gasteiger partial charge < -0.3 is 19.7 Å². The Morgan fingerprint density at radius 3 is 2.88 bits per heavy atom. The van der Waals surface area contributed by atoms with E-state index < -0.39 is 17.7 Å². The number of nitrogens with one attached hydrogen (secondary N) is 1. The molecule has 0 radical (unpaired) electrons. The van der Waals surface area contributed by atoms with Crippen molar-refractivity contribution < 1.29 is 28.3 Å². The van der Waals surface area contributed by atoms with E-state index in [0.717, 1.165) is 0 Å². The van der Waals surface area contributed by atoms with E-state index >= 15 is 0 Å². The highest BCUT2D eigenvalue weighted by atomic mass is 19.1. The third kappa shape index (κ3) is 5.08. The van der Waals surface area contributed by atoms with Crippen LogP contribution in [0.15, 0.2) is 34.9 Å². The minimum absolute atomic E-state index is 0.0397. The Labute approximate surface area is 137 Å². The molecule has 0 aliphatic rings. The predicted octanol–water partition coefficient (Wildman–Crippen LogP) is 2.38. The number of nitrogens with zero attached hydrogens (tertiary/aromatic N) is 1. The van der Waals surface area contributed by atoms with Gasteiger partial charge in [-0.2, -0.15) is 0 Å². The van der Waals surface area contributed by atoms with Gasteiger partial charge in [0.1, 0.15) is 6.61 Å². The van der Waals surface area contributed by atoms with Crippen molar-refractivity contribution in [2.75, 3.05) is 0 Å². The fraction of sp³-hybridized carbons (Fsp3) is 0.312. The minimum atomic E-state index is -0.926. The molecule has 0 bridgehead atoms. The third-order valence-corrected chi connectivity index (χ3v) is 3.17. The van der Waals surface area contributed by atoms with Crippen molar-refractivity contribution in [3.8, 4) is 5.75 Å². The molecule has 2 rings (SSSR count). The number of carboxylic acid groups (broad SMARTS) is 1. The zero-order chi connectivity index (χ0) is 17.5. The molecule has 0 aliphatic heterocycles. The van der Waals surface area contributed by atoms with E-state index in [-0.39, 0.29) is 36.3 Å². The molecule has 1 heterocycles. The van der Waals surface area contributed by atoms with Crippen LogP contribution in [0.4, 0.5) is 4.39 Å². The number of amides is 1. The van der Waals surface area contributed by atoms with Gasteiger partial charge in [-0.1, -0.05) is 17.3 Å². The van der Waals surface area contributed by atoms with Crippen molar-refractivity contribution in [1.82, 2.24) is 10.5 Å². The molecular weight excluding hydrogens is 319 g/mol. The summed E-state index contributed by atoms with van der Waals surface area (Å²) in [6, 6.07) is 7.00. The van der Waals surface area contributed by atoms with E-state index in [1.54, 1.807) is 19.1 Å². The summed E-state index contributed by atoms with van der Waals surface area (Å²) in [6.45, 7) is 1.62. The first-order valence-corrected chi connectivity index (χ1v) is 7.31. The van der Waals surface area contributed by atoms with Crippen LogP contribution in [-0.2, 0) is 11.4 Å². The van der Waals surface area contributed by atoms with Gasteiger partial charge in [-0.15, -0.1) is 0 Å². The predicted molar refractivity (Wildman–Crippen MR) is 81.0 cm³/mol. The Hall–Kier alpha value is -2.90. The molecule has 0 aliphatic carbocycles. The van der Waals surface area contributed by atoms with Crippen LogP contribution in [0.3, 0.4) is 0 Å². The lowest BCUT2D eigenvalue weighted by Crippen LogP contribution is -2.33. The number of aromatic nitrogens is 1. The van der Waals surface area contributed by atoms with E-state index in [4.69, 9.17) is 14.4 Å². The summed E-state index contributed by atoms with van der Waals surface area (Å²) in [5.41, 5.74) is 0.0457. The van der Waals surface area contributed by atoms with Crippen LogP contribution in [0.25, 0.3) is 0 Å². The highest BCUT2D eigenvalue weighted by molar-refractivity contribution is 5.92.